The minimum Gasteiger partial charge on any atom is -0.481 e. The highest BCUT2D eigenvalue weighted by molar-refractivity contribution is 5.79. The number of carboxylic acids is 1. The number of nitrogens with two attached hydrogens (primary N) is 1. The van der Waals surface area contributed by atoms with Crippen molar-refractivity contribution < 1.29 is 18.7 Å². The molecule has 3 nitrogen and oxygen atoms in total. The minimum absolute atomic E-state index is 0.0640. The highest BCUT2D eigenvalue weighted by Gasteiger charge is 2.34. The second-order valence-electron chi connectivity index (χ2n) is 5.74. The van der Waals surface area contributed by atoms with E-state index in [0.29, 0.717) is 12.0 Å². The number of nitrogen functional groups attached to an aromatic ring is 1. The van der Waals surface area contributed by atoms with Gasteiger partial charge in [0.1, 0.15) is 11.6 Å². The molecule has 0 radical (unpaired) electrons. The molecular formula is C15H19F2NO2. The lowest BCUT2D eigenvalue weighted by molar-refractivity contribution is -0.140. The Labute approximate surface area is 116 Å². The summed E-state index contributed by atoms with van der Waals surface area (Å²) in [5.74, 6) is -3.39. The van der Waals surface area contributed by atoms with Crippen molar-refractivity contribution in [3.05, 3.63) is 29.3 Å². The van der Waals surface area contributed by atoms with Crippen molar-refractivity contribution in [1.29, 1.82) is 0 Å². The Morgan fingerprint density at radius 2 is 2.10 bits per heavy atom. The van der Waals surface area contributed by atoms with Crippen LogP contribution in [0.1, 0.15) is 44.1 Å². The van der Waals surface area contributed by atoms with E-state index in [2.05, 4.69) is 6.92 Å². The zero-order valence-corrected chi connectivity index (χ0v) is 11.4. The molecule has 0 heterocycles. The average Bonchev–Trinajstić information content (AvgIpc) is 2.35. The van der Waals surface area contributed by atoms with Gasteiger partial charge >= 0.3 is 5.97 Å². The molecule has 3 atom stereocenters. The normalized spacial score (nSPS) is 24.4. The summed E-state index contributed by atoms with van der Waals surface area (Å²) in [6, 6.07) is 1.73. The van der Waals surface area contributed by atoms with Gasteiger partial charge in [-0.1, -0.05) is 19.8 Å². The summed E-state index contributed by atoms with van der Waals surface area (Å²) in [6.45, 7) is 2.07. The van der Waals surface area contributed by atoms with Crippen molar-refractivity contribution in [2.75, 3.05) is 5.73 Å². The predicted molar refractivity (Wildman–Crippen MR) is 72.3 cm³/mol. The lowest BCUT2D eigenvalue weighted by Crippen LogP contribution is -2.27. The Kier molecular flexibility index (Phi) is 4.26. The van der Waals surface area contributed by atoms with Gasteiger partial charge in [0.2, 0.25) is 0 Å². The molecule has 0 aromatic heterocycles. The fraction of sp³-hybridized carbons (Fsp3) is 0.533. The summed E-state index contributed by atoms with van der Waals surface area (Å²) in [5, 5.41) is 9.47. The van der Waals surface area contributed by atoms with Gasteiger partial charge in [-0.3, -0.25) is 4.79 Å². The van der Waals surface area contributed by atoms with E-state index >= 15 is 0 Å². The van der Waals surface area contributed by atoms with Crippen LogP contribution < -0.4 is 5.73 Å². The Morgan fingerprint density at radius 1 is 1.40 bits per heavy atom. The number of hydrogen-bond acceptors (Lipinski definition) is 2. The van der Waals surface area contributed by atoms with Gasteiger partial charge < -0.3 is 10.8 Å². The molecule has 0 saturated heterocycles. The van der Waals surface area contributed by atoms with Crippen molar-refractivity contribution >= 4 is 11.7 Å². The van der Waals surface area contributed by atoms with Gasteiger partial charge in [-0.25, -0.2) is 8.78 Å². The topological polar surface area (TPSA) is 63.3 Å². The number of carboxylic acid groups (broad SMARTS) is 1. The Morgan fingerprint density at radius 3 is 2.70 bits per heavy atom. The first kappa shape index (κ1) is 14.8. The van der Waals surface area contributed by atoms with E-state index in [0.717, 1.165) is 31.7 Å². The minimum atomic E-state index is -1.07. The number of rotatable bonds is 3. The monoisotopic (exact) mass is 283 g/mol. The second-order valence-corrected chi connectivity index (χ2v) is 5.74. The van der Waals surface area contributed by atoms with Crippen LogP contribution in [0, 0.1) is 23.5 Å². The molecule has 1 saturated carbocycles. The second kappa shape index (κ2) is 5.77. The lowest BCUT2D eigenvalue weighted by Gasteiger charge is -2.31. The average molecular weight is 283 g/mol. The van der Waals surface area contributed by atoms with Crippen molar-refractivity contribution in [1.82, 2.24) is 0 Å². The number of carbonyl (C=O) groups is 1. The fourth-order valence-corrected chi connectivity index (χ4v) is 3.23. The highest BCUT2D eigenvalue weighted by atomic mass is 19.1. The van der Waals surface area contributed by atoms with Gasteiger partial charge in [0.05, 0.1) is 11.6 Å². The number of halogens is 2. The molecule has 20 heavy (non-hydrogen) atoms. The van der Waals surface area contributed by atoms with E-state index in [4.69, 9.17) is 5.73 Å². The molecule has 3 N–H and O–H groups in total. The SMILES string of the molecule is CC1CCCC(C(C(=O)O)c2cc(F)cc(F)c2N)C1. The van der Waals surface area contributed by atoms with Gasteiger partial charge in [0.25, 0.3) is 0 Å². The molecule has 0 aliphatic heterocycles. The summed E-state index contributed by atoms with van der Waals surface area (Å²) >= 11 is 0. The first-order valence-corrected chi connectivity index (χ1v) is 6.87. The molecule has 0 amide bonds. The van der Waals surface area contributed by atoms with Crippen LogP contribution in [0.25, 0.3) is 0 Å². The molecule has 1 fully saturated rings. The van der Waals surface area contributed by atoms with E-state index < -0.39 is 23.5 Å². The van der Waals surface area contributed by atoms with Crippen molar-refractivity contribution in [2.24, 2.45) is 11.8 Å². The summed E-state index contributed by atoms with van der Waals surface area (Å²) in [6.07, 6.45) is 3.50. The van der Waals surface area contributed by atoms with Crippen LogP contribution in [0.15, 0.2) is 12.1 Å². The summed E-state index contributed by atoms with van der Waals surface area (Å²) < 4.78 is 26.9. The van der Waals surface area contributed by atoms with Gasteiger partial charge in [-0.05, 0) is 36.3 Å². The smallest absolute Gasteiger partial charge is 0.311 e. The molecule has 0 spiro atoms. The molecule has 2 rings (SSSR count). The van der Waals surface area contributed by atoms with E-state index in [9.17, 15) is 18.7 Å². The van der Waals surface area contributed by atoms with E-state index in [-0.39, 0.29) is 17.2 Å². The number of benzene rings is 1. The van der Waals surface area contributed by atoms with Crippen molar-refractivity contribution in [3.63, 3.8) is 0 Å². The summed E-state index contributed by atoms with van der Waals surface area (Å²) in [4.78, 5) is 11.6. The molecule has 1 aliphatic carbocycles. The third kappa shape index (κ3) is 2.92. The lowest BCUT2D eigenvalue weighted by atomic mass is 9.73. The first-order chi connectivity index (χ1) is 9.40. The van der Waals surface area contributed by atoms with Gasteiger partial charge in [-0.2, -0.15) is 0 Å². The van der Waals surface area contributed by atoms with Gasteiger partial charge in [0.15, 0.2) is 0 Å². The zero-order chi connectivity index (χ0) is 14.9. The van der Waals surface area contributed by atoms with Crippen molar-refractivity contribution in [3.8, 4) is 0 Å². The van der Waals surface area contributed by atoms with E-state index in [1.807, 2.05) is 0 Å². The van der Waals surface area contributed by atoms with Gasteiger partial charge in [-0.15, -0.1) is 0 Å². The van der Waals surface area contributed by atoms with Crippen LogP contribution in [0.4, 0.5) is 14.5 Å². The maximum atomic E-state index is 13.5. The van der Waals surface area contributed by atoms with Crippen LogP contribution in [-0.2, 0) is 4.79 Å². The third-order valence-corrected chi connectivity index (χ3v) is 4.18. The molecule has 110 valence electrons. The Bertz CT molecular complexity index is 519. The number of aliphatic carboxylic acids is 1. The number of anilines is 1. The largest absolute Gasteiger partial charge is 0.481 e. The standard InChI is InChI=1S/C15H19F2NO2/c1-8-3-2-4-9(5-8)13(15(19)20)11-6-10(16)7-12(17)14(11)18/h6-9,13H,2-5,18H2,1H3,(H,19,20). The fourth-order valence-electron chi connectivity index (χ4n) is 3.23. The van der Waals surface area contributed by atoms with Crippen LogP contribution in [0.5, 0.6) is 0 Å². The zero-order valence-electron chi connectivity index (χ0n) is 11.4. The first-order valence-electron chi connectivity index (χ1n) is 6.87. The van der Waals surface area contributed by atoms with Crippen LogP contribution in [-0.4, -0.2) is 11.1 Å². The predicted octanol–water partition coefficient (Wildman–Crippen LogP) is 3.54. The Balaban J connectivity index is 2.41. The highest BCUT2D eigenvalue weighted by Crippen LogP contribution is 2.41. The molecule has 1 aliphatic rings. The van der Waals surface area contributed by atoms with Gasteiger partial charge in [0, 0.05) is 6.07 Å². The molecular weight excluding hydrogens is 264 g/mol. The third-order valence-electron chi connectivity index (χ3n) is 4.18. The molecule has 1 aromatic rings. The summed E-state index contributed by atoms with van der Waals surface area (Å²) in [7, 11) is 0. The van der Waals surface area contributed by atoms with Crippen LogP contribution >= 0.6 is 0 Å². The van der Waals surface area contributed by atoms with Crippen LogP contribution in [0.2, 0.25) is 0 Å². The molecule has 1 aromatic carbocycles. The Hall–Kier alpha value is -1.65. The quantitative estimate of drug-likeness (QED) is 0.834. The molecule has 0 bridgehead atoms. The maximum Gasteiger partial charge on any atom is 0.311 e. The van der Waals surface area contributed by atoms with E-state index in [1.54, 1.807) is 0 Å². The number of hydrogen-bond donors (Lipinski definition) is 2. The summed E-state index contributed by atoms with van der Waals surface area (Å²) in [5.41, 5.74) is 5.44. The molecule has 5 heteroatoms. The van der Waals surface area contributed by atoms with Crippen LogP contribution in [0.3, 0.4) is 0 Å². The molecule has 3 unspecified atom stereocenters. The van der Waals surface area contributed by atoms with Crippen molar-refractivity contribution in [2.45, 2.75) is 38.5 Å². The maximum absolute atomic E-state index is 13.5. The van der Waals surface area contributed by atoms with E-state index in [1.165, 1.54) is 0 Å².